The highest BCUT2D eigenvalue weighted by Crippen LogP contribution is 2.14. The molecule has 0 aliphatic carbocycles. The van der Waals surface area contributed by atoms with Crippen LogP contribution < -0.4 is 15.8 Å². The second-order valence-electron chi connectivity index (χ2n) is 4.70. The molecule has 5 heteroatoms. The first-order valence-corrected chi connectivity index (χ1v) is 7.06. The maximum Gasteiger partial charge on any atom is 0.238 e. The zero-order valence-electron chi connectivity index (χ0n) is 12.4. The van der Waals surface area contributed by atoms with Crippen molar-refractivity contribution in [1.29, 1.82) is 0 Å². The van der Waals surface area contributed by atoms with Crippen LogP contribution in [0.2, 0.25) is 0 Å². The predicted molar refractivity (Wildman–Crippen MR) is 82.0 cm³/mol. The van der Waals surface area contributed by atoms with Crippen LogP contribution >= 0.6 is 0 Å². The van der Waals surface area contributed by atoms with E-state index in [0.29, 0.717) is 13.1 Å². The van der Waals surface area contributed by atoms with Gasteiger partial charge >= 0.3 is 0 Å². The largest absolute Gasteiger partial charge is 0.497 e. The first-order valence-electron chi connectivity index (χ1n) is 7.06. The Morgan fingerprint density at radius 3 is 2.55 bits per heavy atom. The number of unbranched alkanes of at least 4 members (excludes halogenated alkanes) is 1. The highest BCUT2D eigenvalue weighted by atomic mass is 16.5. The van der Waals surface area contributed by atoms with Gasteiger partial charge in [-0.1, -0.05) is 13.3 Å². The summed E-state index contributed by atoms with van der Waals surface area (Å²) >= 11 is 0. The van der Waals surface area contributed by atoms with Gasteiger partial charge in [0.05, 0.1) is 13.7 Å². The van der Waals surface area contributed by atoms with E-state index in [1.54, 1.807) is 7.11 Å². The van der Waals surface area contributed by atoms with E-state index in [2.05, 4.69) is 17.1 Å². The number of rotatable bonds is 9. The fourth-order valence-electron chi connectivity index (χ4n) is 1.91. The molecule has 1 rings (SSSR count). The molecule has 0 bridgehead atoms. The van der Waals surface area contributed by atoms with Gasteiger partial charge in [-0.2, -0.15) is 0 Å². The van der Waals surface area contributed by atoms with Crippen molar-refractivity contribution in [3.8, 4) is 5.75 Å². The average molecular weight is 279 g/mol. The van der Waals surface area contributed by atoms with Crippen molar-refractivity contribution in [3.63, 3.8) is 0 Å². The maximum absolute atomic E-state index is 12.0. The van der Waals surface area contributed by atoms with Gasteiger partial charge < -0.3 is 15.8 Å². The molecule has 1 amide bonds. The highest BCUT2D eigenvalue weighted by Gasteiger charge is 2.09. The van der Waals surface area contributed by atoms with Crippen LogP contribution in [0, 0.1) is 0 Å². The van der Waals surface area contributed by atoms with Crippen LogP contribution in [0.1, 0.15) is 19.8 Å². The monoisotopic (exact) mass is 279 g/mol. The number of carbonyl (C=O) groups excluding carboxylic acids is 1. The number of benzene rings is 1. The summed E-state index contributed by atoms with van der Waals surface area (Å²) in [5.41, 5.74) is 6.35. The second kappa shape index (κ2) is 9.34. The zero-order chi connectivity index (χ0) is 14.8. The summed E-state index contributed by atoms with van der Waals surface area (Å²) in [6.45, 7) is 4.74. The second-order valence-corrected chi connectivity index (χ2v) is 4.70. The van der Waals surface area contributed by atoms with E-state index >= 15 is 0 Å². The molecule has 0 heterocycles. The van der Waals surface area contributed by atoms with Crippen molar-refractivity contribution < 1.29 is 9.53 Å². The van der Waals surface area contributed by atoms with Gasteiger partial charge in [0.25, 0.3) is 0 Å². The van der Waals surface area contributed by atoms with Gasteiger partial charge in [-0.3, -0.25) is 9.69 Å². The van der Waals surface area contributed by atoms with Crippen LogP contribution in [0.25, 0.3) is 0 Å². The summed E-state index contributed by atoms with van der Waals surface area (Å²) in [7, 11) is 1.62. The number of hydrogen-bond acceptors (Lipinski definition) is 4. The van der Waals surface area contributed by atoms with Gasteiger partial charge in [0, 0.05) is 18.8 Å². The summed E-state index contributed by atoms with van der Waals surface area (Å²) in [5, 5.41) is 2.88. The molecule has 0 saturated heterocycles. The fourth-order valence-corrected chi connectivity index (χ4v) is 1.91. The Morgan fingerprint density at radius 2 is 2.00 bits per heavy atom. The molecule has 0 unspecified atom stereocenters. The Morgan fingerprint density at radius 1 is 1.30 bits per heavy atom. The molecule has 0 aromatic heterocycles. The van der Waals surface area contributed by atoms with Crippen LogP contribution in [0.4, 0.5) is 5.69 Å². The molecule has 0 radical (unpaired) electrons. The van der Waals surface area contributed by atoms with E-state index in [0.717, 1.165) is 37.4 Å². The SMILES string of the molecule is CCCCN(CCN)CC(=O)Nc1ccc(OC)cc1. The van der Waals surface area contributed by atoms with Gasteiger partial charge in [0.15, 0.2) is 0 Å². The molecule has 0 atom stereocenters. The van der Waals surface area contributed by atoms with E-state index in [4.69, 9.17) is 10.5 Å². The topological polar surface area (TPSA) is 67.6 Å². The Balaban J connectivity index is 2.46. The number of nitrogens with two attached hydrogens (primary N) is 1. The Kier molecular flexibility index (Phi) is 7.69. The van der Waals surface area contributed by atoms with Crippen molar-refractivity contribution in [2.75, 3.05) is 38.6 Å². The van der Waals surface area contributed by atoms with Gasteiger partial charge in [0.2, 0.25) is 5.91 Å². The Hall–Kier alpha value is -1.59. The molecule has 0 aliphatic rings. The lowest BCUT2D eigenvalue weighted by Crippen LogP contribution is -2.37. The van der Waals surface area contributed by atoms with Crippen LogP contribution in [0.3, 0.4) is 0 Å². The quantitative estimate of drug-likeness (QED) is 0.722. The number of nitrogens with one attached hydrogen (secondary N) is 1. The molecule has 0 aliphatic heterocycles. The number of hydrogen-bond donors (Lipinski definition) is 2. The van der Waals surface area contributed by atoms with Crippen molar-refractivity contribution in [3.05, 3.63) is 24.3 Å². The van der Waals surface area contributed by atoms with Crippen molar-refractivity contribution in [1.82, 2.24) is 4.90 Å². The Labute approximate surface area is 121 Å². The maximum atomic E-state index is 12.0. The number of anilines is 1. The lowest BCUT2D eigenvalue weighted by molar-refractivity contribution is -0.117. The minimum absolute atomic E-state index is 0.0141. The van der Waals surface area contributed by atoms with E-state index in [1.807, 2.05) is 24.3 Å². The van der Waals surface area contributed by atoms with Crippen molar-refractivity contribution in [2.24, 2.45) is 5.73 Å². The van der Waals surface area contributed by atoms with Crippen LogP contribution in [0.15, 0.2) is 24.3 Å². The molecule has 0 saturated carbocycles. The highest BCUT2D eigenvalue weighted by molar-refractivity contribution is 5.92. The molecule has 1 aromatic rings. The van der Waals surface area contributed by atoms with E-state index in [9.17, 15) is 4.79 Å². The number of ether oxygens (including phenoxy) is 1. The lowest BCUT2D eigenvalue weighted by Gasteiger charge is -2.20. The van der Waals surface area contributed by atoms with Crippen molar-refractivity contribution in [2.45, 2.75) is 19.8 Å². The minimum Gasteiger partial charge on any atom is -0.497 e. The first kappa shape index (κ1) is 16.5. The van der Waals surface area contributed by atoms with E-state index < -0.39 is 0 Å². The van der Waals surface area contributed by atoms with E-state index in [-0.39, 0.29) is 5.91 Å². The summed E-state index contributed by atoms with van der Waals surface area (Å²) < 4.78 is 5.08. The number of nitrogens with zero attached hydrogens (tertiary/aromatic N) is 1. The zero-order valence-corrected chi connectivity index (χ0v) is 12.4. The van der Waals surface area contributed by atoms with E-state index in [1.165, 1.54) is 0 Å². The minimum atomic E-state index is -0.0141. The Bertz CT molecular complexity index is 393. The number of carbonyl (C=O) groups is 1. The normalized spacial score (nSPS) is 10.6. The predicted octanol–water partition coefficient (Wildman–Crippen LogP) is 1.69. The smallest absolute Gasteiger partial charge is 0.238 e. The third kappa shape index (κ3) is 6.04. The van der Waals surface area contributed by atoms with Crippen LogP contribution in [-0.4, -0.2) is 44.1 Å². The first-order chi connectivity index (χ1) is 9.69. The fraction of sp³-hybridized carbons (Fsp3) is 0.533. The van der Waals surface area contributed by atoms with Gasteiger partial charge in [0.1, 0.15) is 5.75 Å². The molecule has 1 aromatic carbocycles. The average Bonchev–Trinajstić information content (AvgIpc) is 2.45. The lowest BCUT2D eigenvalue weighted by atomic mass is 10.3. The molecule has 20 heavy (non-hydrogen) atoms. The summed E-state index contributed by atoms with van der Waals surface area (Å²) in [4.78, 5) is 14.1. The number of amides is 1. The van der Waals surface area contributed by atoms with Crippen LogP contribution in [0.5, 0.6) is 5.75 Å². The molecular weight excluding hydrogens is 254 g/mol. The molecule has 112 valence electrons. The molecule has 5 nitrogen and oxygen atoms in total. The van der Waals surface area contributed by atoms with Gasteiger partial charge in [-0.15, -0.1) is 0 Å². The summed E-state index contributed by atoms with van der Waals surface area (Å²) in [6.07, 6.45) is 2.19. The summed E-state index contributed by atoms with van der Waals surface area (Å²) in [6, 6.07) is 7.31. The molecule has 0 spiro atoms. The third-order valence-electron chi connectivity index (χ3n) is 3.01. The molecule has 0 fully saturated rings. The van der Waals surface area contributed by atoms with Gasteiger partial charge in [-0.05, 0) is 37.2 Å². The summed E-state index contributed by atoms with van der Waals surface area (Å²) in [5.74, 6) is 0.760. The molecule has 3 N–H and O–H groups in total. The standard InChI is InChI=1S/C15H25N3O2/c1-3-4-10-18(11-9-16)12-15(19)17-13-5-7-14(20-2)8-6-13/h5-8H,3-4,9-12,16H2,1-2H3,(H,17,19). The van der Waals surface area contributed by atoms with Crippen LogP contribution in [-0.2, 0) is 4.79 Å². The third-order valence-corrected chi connectivity index (χ3v) is 3.01. The van der Waals surface area contributed by atoms with Crippen molar-refractivity contribution >= 4 is 11.6 Å². The number of methoxy groups -OCH3 is 1. The molecular formula is C15H25N3O2. The van der Waals surface area contributed by atoms with Gasteiger partial charge in [-0.25, -0.2) is 0 Å².